The van der Waals surface area contributed by atoms with Gasteiger partial charge >= 0.3 is 0 Å². The van der Waals surface area contributed by atoms with Crippen LogP contribution in [0.3, 0.4) is 0 Å². The van der Waals surface area contributed by atoms with Crippen molar-refractivity contribution >= 4 is 11.6 Å². The molecule has 1 rings (SSSR count). The standard InChI is InChI=1S/C14H26N4O/c1-7-19-9(2)8-16-12-10(3)11(15)17-13(18-12)14(4,5)6/h9H,7-8H2,1-6H3,(H3,15,16,17,18). The van der Waals surface area contributed by atoms with Crippen LogP contribution in [0.15, 0.2) is 0 Å². The number of nitrogens with one attached hydrogen (secondary N) is 1. The average molecular weight is 266 g/mol. The number of anilines is 2. The molecule has 0 aromatic carbocycles. The monoisotopic (exact) mass is 266 g/mol. The van der Waals surface area contributed by atoms with Crippen LogP contribution < -0.4 is 11.1 Å². The molecule has 0 aliphatic heterocycles. The minimum atomic E-state index is -0.121. The fourth-order valence-corrected chi connectivity index (χ4v) is 1.63. The van der Waals surface area contributed by atoms with E-state index in [-0.39, 0.29) is 11.5 Å². The lowest BCUT2D eigenvalue weighted by Crippen LogP contribution is -2.23. The van der Waals surface area contributed by atoms with Gasteiger partial charge in [-0.1, -0.05) is 20.8 Å². The Morgan fingerprint density at radius 2 is 1.95 bits per heavy atom. The first kappa shape index (κ1) is 15.7. The molecule has 0 amide bonds. The second kappa shape index (κ2) is 6.19. The Bertz CT molecular complexity index is 426. The molecular weight excluding hydrogens is 240 g/mol. The van der Waals surface area contributed by atoms with Gasteiger partial charge < -0.3 is 15.8 Å². The molecule has 0 aliphatic rings. The Morgan fingerprint density at radius 1 is 1.32 bits per heavy atom. The van der Waals surface area contributed by atoms with Crippen LogP contribution in [0.2, 0.25) is 0 Å². The Hall–Kier alpha value is -1.36. The zero-order chi connectivity index (χ0) is 14.6. The summed E-state index contributed by atoms with van der Waals surface area (Å²) in [6.07, 6.45) is 0.138. The lowest BCUT2D eigenvalue weighted by atomic mass is 9.95. The van der Waals surface area contributed by atoms with Crippen molar-refractivity contribution in [1.82, 2.24) is 9.97 Å². The third-order valence-corrected chi connectivity index (χ3v) is 2.86. The van der Waals surface area contributed by atoms with Crippen LogP contribution in [0.25, 0.3) is 0 Å². The maximum absolute atomic E-state index is 5.96. The highest BCUT2D eigenvalue weighted by molar-refractivity contribution is 5.55. The summed E-state index contributed by atoms with van der Waals surface area (Å²) in [5.41, 5.74) is 6.73. The number of hydrogen-bond acceptors (Lipinski definition) is 5. The topological polar surface area (TPSA) is 73.1 Å². The molecule has 108 valence electrons. The number of rotatable bonds is 5. The summed E-state index contributed by atoms with van der Waals surface area (Å²) in [6.45, 7) is 13.6. The van der Waals surface area contributed by atoms with E-state index in [0.29, 0.717) is 19.0 Å². The molecule has 1 aromatic heterocycles. The van der Waals surface area contributed by atoms with Crippen LogP contribution >= 0.6 is 0 Å². The smallest absolute Gasteiger partial charge is 0.138 e. The molecular formula is C14H26N4O. The van der Waals surface area contributed by atoms with Gasteiger partial charge in [0.05, 0.1) is 6.10 Å². The summed E-state index contributed by atoms with van der Waals surface area (Å²) < 4.78 is 5.49. The van der Waals surface area contributed by atoms with E-state index < -0.39 is 0 Å². The van der Waals surface area contributed by atoms with Gasteiger partial charge in [0.25, 0.3) is 0 Å². The fraction of sp³-hybridized carbons (Fsp3) is 0.714. The second-order valence-electron chi connectivity index (χ2n) is 5.80. The molecule has 1 heterocycles. The SMILES string of the molecule is CCOC(C)CNc1nc(C(C)(C)C)nc(N)c1C. The molecule has 0 radical (unpaired) electrons. The van der Waals surface area contributed by atoms with Crippen LogP contribution in [0.1, 0.15) is 46.0 Å². The zero-order valence-corrected chi connectivity index (χ0v) is 12.9. The van der Waals surface area contributed by atoms with Crippen molar-refractivity contribution in [3.63, 3.8) is 0 Å². The fourth-order valence-electron chi connectivity index (χ4n) is 1.63. The number of hydrogen-bond donors (Lipinski definition) is 2. The molecule has 5 heteroatoms. The van der Waals surface area contributed by atoms with Gasteiger partial charge in [-0.15, -0.1) is 0 Å². The minimum absolute atomic E-state index is 0.121. The summed E-state index contributed by atoms with van der Waals surface area (Å²) in [5, 5.41) is 3.29. The van der Waals surface area contributed by atoms with E-state index in [1.807, 2.05) is 20.8 Å². The number of aromatic nitrogens is 2. The van der Waals surface area contributed by atoms with Gasteiger partial charge in [0.1, 0.15) is 17.5 Å². The first-order valence-electron chi connectivity index (χ1n) is 6.75. The first-order chi connectivity index (χ1) is 8.75. The van der Waals surface area contributed by atoms with Crippen LogP contribution in [0.5, 0.6) is 0 Å². The Labute approximate surface area is 116 Å². The molecule has 0 bridgehead atoms. The Morgan fingerprint density at radius 3 is 2.47 bits per heavy atom. The lowest BCUT2D eigenvalue weighted by molar-refractivity contribution is 0.0854. The van der Waals surface area contributed by atoms with Gasteiger partial charge in [-0.05, 0) is 20.8 Å². The highest BCUT2D eigenvalue weighted by atomic mass is 16.5. The minimum Gasteiger partial charge on any atom is -0.383 e. The van der Waals surface area contributed by atoms with E-state index in [0.717, 1.165) is 17.2 Å². The largest absolute Gasteiger partial charge is 0.383 e. The van der Waals surface area contributed by atoms with Crippen molar-refractivity contribution in [2.24, 2.45) is 0 Å². The molecule has 3 N–H and O–H groups in total. The number of ether oxygens (including phenoxy) is 1. The molecule has 0 fully saturated rings. The Balaban J connectivity index is 2.91. The van der Waals surface area contributed by atoms with E-state index >= 15 is 0 Å². The summed E-state index contributed by atoms with van der Waals surface area (Å²) in [7, 11) is 0. The third-order valence-electron chi connectivity index (χ3n) is 2.86. The maximum atomic E-state index is 5.96. The molecule has 1 unspecified atom stereocenters. The number of nitrogens with two attached hydrogens (primary N) is 1. The van der Waals surface area contributed by atoms with E-state index in [2.05, 4.69) is 36.1 Å². The third kappa shape index (κ3) is 4.35. The van der Waals surface area contributed by atoms with Crippen LogP contribution in [0, 0.1) is 6.92 Å². The quantitative estimate of drug-likeness (QED) is 0.856. The van der Waals surface area contributed by atoms with Crippen molar-refractivity contribution in [3.8, 4) is 0 Å². The molecule has 19 heavy (non-hydrogen) atoms. The first-order valence-corrected chi connectivity index (χ1v) is 6.75. The summed E-state index contributed by atoms with van der Waals surface area (Å²) >= 11 is 0. The van der Waals surface area contributed by atoms with E-state index in [1.165, 1.54) is 0 Å². The summed E-state index contributed by atoms with van der Waals surface area (Å²) in [4.78, 5) is 8.94. The number of nitrogen functional groups attached to an aromatic ring is 1. The van der Waals surface area contributed by atoms with Crippen molar-refractivity contribution in [2.45, 2.75) is 53.1 Å². The van der Waals surface area contributed by atoms with Crippen molar-refractivity contribution in [2.75, 3.05) is 24.2 Å². The van der Waals surface area contributed by atoms with Gasteiger partial charge in [-0.25, -0.2) is 9.97 Å². The van der Waals surface area contributed by atoms with Crippen LogP contribution in [-0.2, 0) is 10.2 Å². The summed E-state index contributed by atoms with van der Waals surface area (Å²) in [6, 6.07) is 0. The molecule has 0 spiro atoms. The molecule has 0 saturated carbocycles. The second-order valence-corrected chi connectivity index (χ2v) is 5.80. The highest BCUT2D eigenvalue weighted by Gasteiger charge is 2.20. The van der Waals surface area contributed by atoms with Crippen LogP contribution in [-0.4, -0.2) is 29.2 Å². The molecule has 1 aromatic rings. The molecule has 0 aliphatic carbocycles. The normalized spacial score (nSPS) is 13.4. The predicted molar refractivity (Wildman–Crippen MR) is 79.5 cm³/mol. The number of nitrogens with zero attached hydrogens (tertiary/aromatic N) is 2. The van der Waals surface area contributed by atoms with Crippen molar-refractivity contribution < 1.29 is 4.74 Å². The van der Waals surface area contributed by atoms with Gasteiger partial charge in [-0.3, -0.25) is 0 Å². The van der Waals surface area contributed by atoms with Crippen molar-refractivity contribution in [3.05, 3.63) is 11.4 Å². The molecule has 5 nitrogen and oxygen atoms in total. The van der Waals surface area contributed by atoms with E-state index in [9.17, 15) is 0 Å². The van der Waals surface area contributed by atoms with E-state index in [4.69, 9.17) is 10.5 Å². The van der Waals surface area contributed by atoms with Crippen LogP contribution in [0.4, 0.5) is 11.6 Å². The summed E-state index contributed by atoms with van der Waals surface area (Å²) in [5.74, 6) is 2.08. The van der Waals surface area contributed by atoms with Gasteiger partial charge in [0.15, 0.2) is 0 Å². The zero-order valence-electron chi connectivity index (χ0n) is 12.9. The lowest BCUT2D eigenvalue weighted by Gasteiger charge is -2.20. The molecule has 1 atom stereocenters. The van der Waals surface area contributed by atoms with E-state index in [1.54, 1.807) is 0 Å². The average Bonchev–Trinajstić information content (AvgIpc) is 2.30. The maximum Gasteiger partial charge on any atom is 0.138 e. The highest BCUT2D eigenvalue weighted by Crippen LogP contribution is 2.24. The van der Waals surface area contributed by atoms with Gasteiger partial charge in [0, 0.05) is 24.1 Å². The Kier molecular flexibility index (Phi) is 5.11. The molecule has 0 saturated heterocycles. The van der Waals surface area contributed by atoms with Crippen molar-refractivity contribution in [1.29, 1.82) is 0 Å². The van der Waals surface area contributed by atoms with Gasteiger partial charge in [0.2, 0.25) is 0 Å². The van der Waals surface area contributed by atoms with Gasteiger partial charge in [-0.2, -0.15) is 0 Å². The predicted octanol–water partition coefficient (Wildman–Crippen LogP) is 2.50.